The molecule has 1 amide bonds. The Kier molecular flexibility index (Phi) is 6.13. The van der Waals surface area contributed by atoms with Gasteiger partial charge in [0.2, 0.25) is 5.95 Å². The van der Waals surface area contributed by atoms with E-state index in [0.29, 0.717) is 23.6 Å². The van der Waals surface area contributed by atoms with Gasteiger partial charge in [-0.3, -0.25) is 9.69 Å². The summed E-state index contributed by atoms with van der Waals surface area (Å²) in [5.41, 5.74) is 5.69. The first-order chi connectivity index (χ1) is 17.6. The number of fused-ring (bicyclic) bond motifs is 1. The summed E-state index contributed by atoms with van der Waals surface area (Å²) >= 11 is 0. The second kappa shape index (κ2) is 9.72. The summed E-state index contributed by atoms with van der Waals surface area (Å²) in [7, 11) is 0. The number of ether oxygens (including phenoxy) is 1. The Morgan fingerprint density at radius 1 is 1.03 bits per heavy atom. The molecule has 3 heterocycles. The molecule has 1 aliphatic carbocycles. The third-order valence-corrected chi connectivity index (χ3v) is 6.98. The van der Waals surface area contributed by atoms with Crippen LogP contribution in [0, 0.1) is 0 Å². The van der Waals surface area contributed by atoms with Gasteiger partial charge < -0.3 is 15.4 Å². The molecule has 8 nitrogen and oxygen atoms in total. The van der Waals surface area contributed by atoms with E-state index in [1.165, 1.54) is 5.56 Å². The molecule has 1 atom stereocenters. The van der Waals surface area contributed by atoms with Crippen molar-refractivity contribution in [2.75, 3.05) is 31.6 Å². The number of hydrogen-bond acceptors (Lipinski definition) is 6. The molecule has 2 N–H and O–H groups in total. The number of nitrogens with one attached hydrogen (secondary N) is 2. The van der Waals surface area contributed by atoms with Gasteiger partial charge in [0.25, 0.3) is 5.91 Å². The molecule has 1 aliphatic heterocycles. The largest absolute Gasteiger partial charge is 0.379 e. The quantitative estimate of drug-likeness (QED) is 0.406. The summed E-state index contributed by atoms with van der Waals surface area (Å²) in [5, 5.41) is 10.9. The third kappa shape index (κ3) is 4.82. The fraction of sp³-hybridized carbons (Fsp3) is 0.321. The topological polar surface area (TPSA) is 83.8 Å². The standard InChI is InChI=1S/C28H30N6O2/c1-19(33-15-17-36-18-16-33)20-4-6-21(7-5-20)25-3-2-14-34-26(25)31-28(32-34)30-24-10-8-22(9-11-24)27(35)29-23-12-13-23/h2-11,14,19,23H,12-13,15-18H2,1H3,(H,29,35)(H,30,32)/t19-/m1/s1. The second-order valence-electron chi connectivity index (χ2n) is 9.52. The van der Waals surface area contributed by atoms with Gasteiger partial charge in [0.05, 0.1) is 13.2 Å². The Morgan fingerprint density at radius 3 is 2.50 bits per heavy atom. The van der Waals surface area contributed by atoms with Crippen molar-refractivity contribution in [1.82, 2.24) is 24.8 Å². The molecule has 2 fully saturated rings. The van der Waals surface area contributed by atoms with Crippen molar-refractivity contribution in [1.29, 1.82) is 0 Å². The summed E-state index contributed by atoms with van der Waals surface area (Å²) < 4.78 is 7.29. The maximum Gasteiger partial charge on any atom is 0.251 e. The molecule has 6 rings (SSSR count). The highest BCUT2D eigenvalue weighted by Gasteiger charge is 2.23. The van der Waals surface area contributed by atoms with E-state index < -0.39 is 0 Å². The zero-order valence-electron chi connectivity index (χ0n) is 20.4. The van der Waals surface area contributed by atoms with Crippen LogP contribution in [0.25, 0.3) is 16.8 Å². The molecule has 8 heteroatoms. The normalized spacial score (nSPS) is 17.1. The molecule has 0 spiro atoms. The molecule has 0 radical (unpaired) electrons. The SMILES string of the molecule is C[C@H](c1ccc(-c2cccn3nc(Nc4ccc(C(=O)NC5CC5)cc4)nc23)cc1)N1CCOCC1. The molecule has 0 unspecified atom stereocenters. The highest BCUT2D eigenvalue weighted by Crippen LogP contribution is 2.28. The lowest BCUT2D eigenvalue weighted by atomic mass is 10.0. The van der Waals surface area contributed by atoms with Crippen LogP contribution in [0.5, 0.6) is 0 Å². The lowest BCUT2D eigenvalue weighted by Gasteiger charge is -2.32. The fourth-order valence-electron chi connectivity index (χ4n) is 4.63. The van der Waals surface area contributed by atoms with Gasteiger partial charge in [-0.15, -0.1) is 5.10 Å². The molecule has 1 saturated carbocycles. The van der Waals surface area contributed by atoms with Crippen molar-refractivity contribution < 1.29 is 9.53 Å². The van der Waals surface area contributed by atoms with Crippen LogP contribution in [0.1, 0.15) is 41.7 Å². The molecule has 2 aromatic carbocycles. The minimum Gasteiger partial charge on any atom is -0.379 e. The summed E-state index contributed by atoms with van der Waals surface area (Å²) in [5.74, 6) is 0.486. The van der Waals surface area contributed by atoms with E-state index in [0.717, 1.165) is 61.6 Å². The summed E-state index contributed by atoms with van der Waals surface area (Å²) in [4.78, 5) is 19.4. The number of pyridine rings is 1. The Balaban J connectivity index is 1.19. The minimum absolute atomic E-state index is 0.0232. The zero-order valence-corrected chi connectivity index (χ0v) is 20.4. The Bertz CT molecular complexity index is 1360. The fourth-order valence-corrected chi connectivity index (χ4v) is 4.63. The van der Waals surface area contributed by atoms with Crippen molar-refractivity contribution in [3.8, 4) is 11.1 Å². The molecule has 36 heavy (non-hydrogen) atoms. The van der Waals surface area contributed by atoms with Crippen molar-refractivity contribution in [3.05, 3.63) is 78.0 Å². The van der Waals surface area contributed by atoms with E-state index in [-0.39, 0.29) is 5.91 Å². The van der Waals surface area contributed by atoms with Crippen LogP contribution >= 0.6 is 0 Å². The first-order valence-corrected chi connectivity index (χ1v) is 12.6. The molecule has 184 valence electrons. The van der Waals surface area contributed by atoms with Gasteiger partial charge in [-0.25, -0.2) is 4.52 Å². The summed E-state index contributed by atoms with van der Waals surface area (Å²) in [6, 6.07) is 20.9. The molecule has 0 bridgehead atoms. The number of carbonyl (C=O) groups excluding carboxylic acids is 1. The van der Waals surface area contributed by atoms with Crippen LogP contribution in [0.4, 0.5) is 11.6 Å². The number of rotatable bonds is 7. The Hall–Kier alpha value is -3.75. The average Bonchev–Trinajstić information content (AvgIpc) is 3.64. The van der Waals surface area contributed by atoms with E-state index >= 15 is 0 Å². The molecule has 2 aliphatic rings. The highest BCUT2D eigenvalue weighted by atomic mass is 16.5. The van der Waals surface area contributed by atoms with Gasteiger partial charge in [0.1, 0.15) is 0 Å². The molecular formula is C28H30N6O2. The molecule has 4 aromatic rings. The van der Waals surface area contributed by atoms with Crippen molar-refractivity contribution >= 4 is 23.2 Å². The number of nitrogens with zero attached hydrogens (tertiary/aromatic N) is 4. The number of carbonyl (C=O) groups is 1. The zero-order chi connectivity index (χ0) is 24.5. The van der Waals surface area contributed by atoms with Crippen LogP contribution in [0.3, 0.4) is 0 Å². The number of benzene rings is 2. The van der Waals surface area contributed by atoms with Gasteiger partial charge in [0.15, 0.2) is 5.65 Å². The van der Waals surface area contributed by atoms with Gasteiger partial charge in [-0.2, -0.15) is 4.98 Å². The van der Waals surface area contributed by atoms with Crippen LogP contribution in [0.15, 0.2) is 66.9 Å². The predicted octanol–water partition coefficient (Wildman–Crippen LogP) is 4.43. The third-order valence-electron chi connectivity index (χ3n) is 6.98. The van der Waals surface area contributed by atoms with Crippen LogP contribution < -0.4 is 10.6 Å². The second-order valence-corrected chi connectivity index (χ2v) is 9.52. The molecule has 1 saturated heterocycles. The van der Waals surface area contributed by atoms with E-state index in [2.05, 4.69) is 57.9 Å². The first-order valence-electron chi connectivity index (χ1n) is 12.6. The molecule has 2 aromatic heterocycles. The maximum absolute atomic E-state index is 12.2. The highest BCUT2D eigenvalue weighted by molar-refractivity contribution is 5.95. The first kappa shape index (κ1) is 22.7. The lowest BCUT2D eigenvalue weighted by molar-refractivity contribution is 0.0198. The monoisotopic (exact) mass is 482 g/mol. The number of amides is 1. The Labute approximate surface area is 210 Å². The van der Waals surface area contributed by atoms with Gasteiger partial charge in [-0.05, 0) is 67.3 Å². The average molecular weight is 483 g/mol. The number of anilines is 2. The summed E-state index contributed by atoms with van der Waals surface area (Å²) in [6.07, 6.45) is 4.05. The van der Waals surface area contributed by atoms with E-state index in [9.17, 15) is 4.79 Å². The predicted molar refractivity (Wildman–Crippen MR) is 139 cm³/mol. The van der Waals surface area contributed by atoms with Gasteiger partial charge >= 0.3 is 0 Å². The van der Waals surface area contributed by atoms with Crippen molar-refractivity contribution in [2.24, 2.45) is 0 Å². The van der Waals surface area contributed by atoms with Crippen LogP contribution in [-0.4, -0.2) is 57.8 Å². The van der Waals surface area contributed by atoms with Crippen molar-refractivity contribution in [3.63, 3.8) is 0 Å². The maximum atomic E-state index is 12.2. The van der Waals surface area contributed by atoms with Crippen LogP contribution in [0.2, 0.25) is 0 Å². The smallest absolute Gasteiger partial charge is 0.251 e. The van der Waals surface area contributed by atoms with Crippen molar-refractivity contribution in [2.45, 2.75) is 31.8 Å². The number of aromatic nitrogens is 3. The van der Waals surface area contributed by atoms with E-state index in [1.54, 1.807) is 4.52 Å². The van der Waals surface area contributed by atoms with E-state index in [1.807, 2.05) is 36.5 Å². The van der Waals surface area contributed by atoms with E-state index in [4.69, 9.17) is 9.72 Å². The number of morpholine rings is 1. The van der Waals surface area contributed by atoms with Gasteiger partial charge in [-0.1, -0.05) is 24.3 Å². The minimum atomic E-state index is -0.0232. The van der Waals surface area contributed by atoms with Gasteiger partial charge in [0, 0.05) is 48.2 Å². The van der Waals surface area contributed by atoms with Crippen LogP contribution in [-0.2, 0) is 4.74 Å². The molecular weight excluding hydrogens is 452 g/mol. The summed E-state index contributed by atoms with van der Waals surface area (Å²) in [6.45, 7) is 5.78. The Morgan fingerprint density at radius 2 is 1.78 bits per heavy atom. The lowest BCUT2D eigenvalue weighted by Crippen LogP contribution is -2.37. The number of hydrogen-bond donors (Lipinski definition) is 2.